The van der Waals surface area contributed by atoms with E-state index in [2.05, 4.69) is 20.9 Å². The molecule has 0 aliphatic heterocycles. The van der Waals surface area contributed by atoms with Gasteiger partial charge in [-0.25, -0.2) is 0 Å². The van der Waals surface area contributed by atoms with E-state index in [0.29, 0.717) is 33.3 Å². The number of halogens is 1. The number of ether oxygens (including phenoxy) is 1. The average Bonchev–Trinajstić information content (AvgIpc) is 2.99. The van der Waals surface area contributed by atoms with Crippen molar-refractivity contribution in [1.29, 1.82) is 0 Å². The molecule has 0 aliphatic carbocycles. The van der Waals surface area contributed by atoms with Gasteiger partial charge in [0.2, 0.25) is 5.91 Å². The zero-order valence-corrected chi connectivity index (χ0v) is 23.9. The Bertz CT molecular complexity index is 1560. The molecule has 41 heavy (non-hydrogen) atoms. The Kier molecular flexibility index (Phi) is 10.1. The van der Waals surface area contributed by atoms with E-state index in [0.717, 1.165) is 10.5 Å². The minimum absolute atomic E-state index is 0.0647. The maximum absolute atomic E-state index is 13.2. The molecule has 4 aromatic rings. The lowest BCUT2D eigenvalue weighted by atomic mass is 10.2. The number of amides is 3. The minimum atomic E-state index is -0.495. The number of benzene rings is 3. The Labute approximate surface area is 247 Å². The normalized spacial score (nSPS) is 11.0. The number of anilines is 2. The molecule has 0 unspecified atom stereocenters. The fourth-order valence-corrected chi connectivity index (χ4v) is 4.52. The fourth-order valence-electron chi connectivity index (χ4n) is 3.67. The molecule has 0 atom stereocenters. The number of hydrogen-bond acceptors (Lipinski definition) is 6. The van der Waals surface area contributed by atoms with Crippen molar-refractivity contribution in [1.82, 2.24) is 10.3 Å². The molecular formula is C31H27ClN4O4S. The van der Waals surface area contributed by atoms with E-state index in [-0.39, 0.29) is 17.4 Å². The fraction of sp³-hybridized carbons (Fsp3) is 0.0968. The van der Waals surface area contributed by atoms with Crippen LogP contribution in [0, 0.1) is 6.92 Å². The molecule has 208 valence electrons. The summed E-state index contributed by atoms with van der Waals surface area (Å²) >= 11 is 7.48. The lowest BCUT2D eigenvalue weighted by molar-refractivity contribution is -0.114. The van der Waals surface area contributed by atoms with Gasteiger partial charge in [0, 0.05) is 39.6 Å². The number of hydrogen-bond donors (Lipinski definition) is 3. The van der Waals surface area contributed by atoms with Crippen LogP contribution in [0.15, 0.2) is 102 Å². The number of pyridine rings is 1. The second kappa shape index (κ2) is 14.2. The van der Waals surface area contributed by atoms with E-state index >= 15 is 0 Å². The van der Waals surface area contributed by atoms with Gasteiger partial charge in [-0.05, 0) is 72.7 Å². The predicted molar refractivity (Wildman–Crippen MR) is 163 cm³/mol. The van der Waals surface area contributed by atoms with E-state index in [1.165, 1.54) is 18.9 Å². The van der Waals surface area contributed by atoms with Crippen molar-refractivity contribution in [2.24, 2.45) is 0 Å². The van der Waals surface area contributed by atoms with Gasteiger partial charge in [-0.15, -0.1) is 11.8 Å². The Morgan fingerprint density at radius 3 is 2.41 bits per heavy atom. The van der Waals surface area contributed by atoms with E-state index in [4.69, 9.17) is 16.3 Å². The van der Waals surface area contributed by atoms with Crippen LogP contribution >= 0.6 is 23.4 Å². The highest BCUT2D eigenvalue weighted by atomic mass is 35.5. The zero-order chi connectivity index (χ0) is 29.2. The van der Waals surface area contributed by atoms with Crippen LogP contribution in [0.25, 0.3) is 6.08 Å². The molecule has 3 amide bonds. The first-order chi connectivity index (χ1) is 19.8. The Balaban J connectivity index is 1.38. The first-order valence-electron chi connectivity index (χ1n) is 12.5. The van der Waals surface area contributed by atoms with Crippen molar-refractivity contribution in [3.63, 3.8) is 0 Å². The topological polar surface area (TPSA) is 109 Å². The molecule has 10 heteroatoms. The van der Waals surface area contributed by atoms with Crippen molar-refractivity contribution in [2.75, 3.05) is 23.5 Å². The lowest BCUT2D eigenvalue weighted by Crippen LogP contribution is -2.30. The molecule has 0 radical (unpaired) electrons. The summed E-state index contributed by atoms with van der Waals surface area (Å²) in [6.45, 7) is 1.85. The summed E-state index contributed by atoms with van der Waals surface area (Å²) in [6.07, 6.45) is 4.77. The number of rotatable bonds is 10. The van der Waals surface area contributed by atoms with Crippen molar-refractivity contribution >= 4 is 58.5 Å². The molecule has 3 aromatic carbocycles. The number of carbonyl (C=O) groups excluding carboxylic acids is 3. The van der Waals surface area contributed by atoms with Gasteiger partial charge in [0.15, 0.2) is 0 Å². The van der Waals surface area contributed by atoms with Gasteiger partial charge in [0.1, 0.15) is 11.4 Å². The summed E-state index contributed by atoms with van der Waals surface area (Å²) in [4.78, 5) is 43.4. The molecule has 0 bridgehead atoms. The molecule has 0 aliphatic rings. The van der Waals surface area contributed by atoms with E-state index in [1.807, 2.05) is 13.0 Å². The van der Waals surface area contributed by atoms with Crippen LogP contribution in [0.3, 0.4) is 0 Å². The highest BCUT2D eigenvalue weighted by Crippen LogP contribution is 2.31. The summed E-state index contributed by atoms with van der Waals surface area (Å²) in [5.74, 6) is -0.458. The van der Waals surface area contributed by atoms with Gasteiger partial charge in [0.25, 0.3) is 11.8 Å². The van der Waals surface area contributed by atoms with Crippen LogP contribution in [0.1, 0.15) is 21.5 Å². The van der Waals surface area contributed by atoms with Crippen LogP contribution in [0.2, 0.25) is 5.02 Å². The van der Waals surface area contributed by atoms with Gasteiger partial charge in [-0.2, -0.15) is 0 Å². The van der Waals surface area contributed by atoms with Gasteiger partial charge < -0.3 is 20.7 Å². The number of carbonyl (C=O) groups is 3. The summed E-state index contributed by atoms with van der Waals surface area (Å²) in [6, 6.07) is 22.6. The van der Waals surface area contributed by atoms with Crippen molar-refractivity contribution < 1.29 is 19.1 Å². The van der Waals surface area contributed by atoms with E-state index in [1.54, 1.807) is 91.3 Å². The molecular weight excluding hydrogens is 560 g/mol. The number of nitrogens with zero attached hydrogens (tertiary/aromatic N) is 1. The number of aromatic nitrogens is 1. The summed E-state index contributed by atoms with van der Waals surface area (Å²) in [7, 11) is 1.51. The molecule has 0 saturated heterocycles. The third-order valence-electron chi connectivity index (χ3n) is 5.76. The van der Waals surface area contributed by atoms with Crippen LogP contribution in [-0.2, 0) is 9.59 Å². The molecule has 0 fully saturated rings. The lowest BCUT2D eigenvalue weighted by Gasteiger charge is -2.13. The van der Waals surface area contributed by atoms with Crippen molar-refractivity contribution in [3.05, 3.63) is 119 Å². The first-order valence-corrected chi connectivity index (χ1v) is 13.8. The molecule has 0 saturated carbocycles. The quantitative estimate of drug-likeness (QED) is 0.151. The zero-order valence-electron chi connectivity index (χ0n) is 22.3. The smallest absolute Gasteiger partial charge is 0.272 e. The molecule has 8 nitrogen and oxygen atoms in total. The molecule has 1 heterocycles. The third-order valence-corrected chi connectivity index (χ3v) is 7.18. The molecule has 0 spiro atoms. The second-order valence-corrected chi connectivity index (χ2v) is 10.2. The highest BCUT2D eigenvalue weighted by Gasteiger charge is 2.16. The molecule has 3 N–H and O–H groups in total. The Morgan fingerprint density at radius 1 is 0.976 bits per heavy atom. The maximum atomic E-state index is 13.2. The predicted octanol–water partition coefficient (Wildman–Crippen LogP) is 6.19. The summed E-state index contributed by atoms with van der Waals surface area (Å²) in [5, 5.41) is 8.92. The summed E-state index contributed by atoms with van der Waals surface area (Å²) < 4.78 is 5.31. The van der Waals surface area contributed by atoms with Gasteiger partial charge in [-0.3, -0.25) is 19.4 Å². The third kappa shape index (κ3) is 8.44. The first kappa shape index (κ1) is 29.4. The van der Waals surface area contributed by atoms with Crippen LogP contribution in [0.4, 0.5) is 11.4 Å². The van der Waals surface area contributed by atoms with Gasteiger partial charge in [0.05, 0.1) is 18.6 Å². The van der Waals surface area contributed by atoms with Crippen LogP contribution < -0.4 is 20.7 Å². The number of aryl methyl sites for hydroxylation is 1. The maximum Gasteiger partial charge on any atom is 0.272 e. The monoisotopic (exact) mass is 586 g/mol. The SMILES string of the molecule is COc1cc(Cl)c(C)cc1NC(=O)CSc1ccc(NC(=O)/C(=C/c2cccnc2)NC(=O)c2ccccc2)cc1. The molecule has 1 aromatic heterocycles. The summed E-state index contributed by atoms with van der Waals surface area (Å²) in [5.41, 5.74) is 3.04. The number of nitrogens with one attached hydrogen (secondary N) is 3. The van der Waals surface area contributed by atoms with Crippen LogP contribution in [0.5, 0.6) is 5.75 Å². The van der Waals surface area contributed by atoms with Crippen LogP contribution in [-0.4, -0.2) is 35.6 Å². The van der Waals surface area contributed by atoms with Crippen molar-refractivity contribution in [3.8, 4) is 5.75 Å². The van der Waals surface area contributed by atoms with Gasteiger partial charge in [-0.1, -0.05) is 35.9 Å². The minimum Gasteiger partial charge on any atom is -0.495 e. The highest BCUT2D eigenvalue weighted by molar-refractivity contribution is 8.00. The van der Waals surface area contributed by atoms with Crippen molar-refractivity contribution in [2.45, 2.75) is 11.8 Å². The Hall–Kier alpha value is -4.60. The Morgan fingerprint density at radius 2 is 1.73 bits per heavy atom. The number of thioether (sulfide) groups is 1. The largest absolute Gasteiger partial charge is 0.495 e. The average molecular weight is 587 g/mol. The van der Waals surface area contributed by atoms with E-state index < -0.39 is 11.8 Å². The van der Waals surface area contributed by atoms with E-state index in [9.17, 15) is 14.4 Å². The standard InChI is InChI=1S/C31H27ClN4O4S/c1-20-15-26(28(40-2)17-25(20)32)35-29(37)19-41-24-12-10-23(11-13-24)34-31(39)27(16-21-7-6-14-33-18-21)36-30(38)22-8-4-3-5-9-22/h3-18H,19H2,1-2H3,(H,34,39)(H,35,37)(H,36,38)/b27-16-. The van der Waals surface area contributed by atoms with Gasteiger partial charge >= 0.3 is 0 Å². The molecule has 4 rings (SSSR count). The second-order valence-electron chi connectivity index (χ2n) is 8.78. The number of methoxy groups -OCH3 is 1.